The molecule has 0 radical (unpaired) electrons. The third kappa shape index (κ3) is 2.87. The SMILES string of the molecule is CC(C)COc1ncnc2[nH]cc(C(=O)C(C)Cl)c12. The number of fused-ring (bicyclic) bond motifs is 1. The number of Topliss-reactive ketones (excluding diaryl/α,β-unsaturated/α-hetero) is 1. The number of carbonyl (C=O) groups excluding carboxylic acids is 1. The Morgan fingerprint density at radius 3 is 2.79 bits per heavy atom. The van der Waals surface area contributed by atoms with E-state index in [0.717, 1.165) is 0 Å². The number of nitrogens with one attached hydrogen (secondary N) is 1. The van der Waals surface area contributed by atoms with E-state index in [9.17, 15) is 4.79 Å². The van der Waals surface area contributed by atoms with Crippen molar-refractivity contribution in [1.29, 1.82) is 0 Å². The van der Waals surface area contributed by atoms with E-state index in [1.54, 1.807) is 13.1 Å². The lowest BCUT2D eigenvalue weighted by molar-refractivity contribution is 0.0993. The maximum Gasteiger partial charge on any atom is 0.226 e. The number of hydrogen-bond acceptors (Lipinski definition) is 4. The number of ether oxygens (including phenoxy) is 1. The molecular formula is C13H16ClN3O2. The summed E-state index contributed by atoms with van der Waals surface area (Å²) in [6, 6.07) is 0. The first-order chi connectivity index (χ1) is 9.00. The molecule has 5 nitrogen and oxygen atoms in total. The van der Waals surface area contributed by atoms with Crippen molar-refractivity contribution < 1.29 is 9.53 Å². The van der Waals surface area contributed by atoms with Crippen molar-refractivity contribution in [1.82, 2.24) is 15.0 Å². The number of rotatable bonds is 5. The molecule has 0 fully saturated rings. The smallest absolute Gasteiger partial charge is 0.226 e. The zero-order chi connectivity index (χ0) is 14.0. The standard InChI is InChI=1S/C13H16ClN3O2/c1-7(2)5-19-13-10-9(11(18)8(3)14)4-15-12(10)16-6-17-13/h4,6-8H,5H2,1-3H3,(H,15,16,17). The van der Waals surface area contributed by atoms with Gasteiger partial charge in [-0.1, -0.05) is 13.8 Å². The van der Waals surface area contributed by atoms with Crippen LogP contribution < -0.4 is 4.74 Å². The van der Waals surface area contributed by atoms with E-state index in [2.05, 4.69) is 15.0 Å². The lowest BCUT2D eigenvalue weighted by atomic mass is 10.1. The molecule has 0 amide bonds. The number of ketones is 1. The predicted octanol–water partition coefficient (Wildman–Crippen LogP) is 2.80. The predicted molar refractivity (Wildman–Crippen MR) is 73.9 cm³/mol. The van der Waals surface area contributed by atoms with Crippen LogP contribution in [-0.2, 0) is 0 Å². The van der Waals surface area contributed by atoms with Gasteiger partial charge in [0.05, 0.1) is 22.9 Å². The maximum absolute atomic E-state index is 12.0. The molecule has 0 bridgehead atoms. The first kappa shape index (κ1) is 13.8. The molecule has 2 aromatic heterocycles. The van der Waals surface area contributed by atoms with Gasteiger partial charge in [-0.2, -0.15) is 0 Å². The van der Waals surface area contributed by atoms with Crippen LogP contribution in [0.4, 0.5) is 0 Å². The number of aromatic amines is 1. The van der Waals surface area contributed by atoms with Crippen LogP contribution in [-0.4, -0.2) is 32.7 Å². The summed E-state index contributed by atoms with van der Waals surface area (Å²) in [6.07, 6.45) is 3.01. The molecule has 0 aliphatic heterocycles. The molecule has 1 N–H and O–H groups in total. The van der Waals surface area contributed by atoms with Gasteiger partial charge < -0.3 is 9.72 Å². The topological polar surface area (TPSA) is 67.9 Å². The van der Waals surface area contributed by atoms with Gasteiger partial charge in [-0.25, -0.2) is 9.97 Å². The average molecular weight is 282 g/mol. The van der Waals surface area contributed by atoms with Crippen molar-refractivity contribution in [2.24, 2.45) is 5.92 Å². The monoisotopic (exact) mass is 281 g/mol. The van der Waals surface area contributed by atoms with Crippen molar-refractivity contribution in [3.8, 4) is 5.88 Å². The number of alkyl halides is 1. The number of nitrogens with zero attached hydrogens (tertiary/aromatic N) is 2. The minimum Gasteiger partial charge on any atom is -0.477 e. The lowest BCUT2D eigenvalue weighted by Gasteiger charge is -2.09. The highest BCUT2D eigenvalue weighted by Crippen LogP contribution is 2.27. The fourth-order valence-corrected chi connectivity index (χ4v) is 1.82. The Balaban J connectivity index is 2.46. The van der Waals surface area contributed by atoms with Crippen LogP contribution >= 0.6 is 11.6 Å². The molecule has 2 rings (SSSR count). The Labute approximate surface area is 116 Å². The van der Waals surface area contributed by atoms with Gasteiger partial charge in [0.1, 0.15) is 12.0 Å². The summed E-state index contributed by atoms with van der Waals surface area (Å²) in [4.78, 5) is 23.2. The molecule has 102 valence electrons. The maximum atomic E-state index is 12.0. The zero-order valence-electron chi connectivity index (χ0n) is 11.1. The largest absolute Gasteiger partial charge is 0.477 e. The van der Waals surface area contributed by atoms with Crippen molar-refractivity contribution >= 4 is 28.4 Å². The second kappa shape index (κ2) is 5.57. The van der Waals surface area contributed by atoms with Crippen LogP contribution in [0.5, 0.6) is 5.88 Å². The summed E-state index contributed by atoms with van der Waals surface area (Å²) in [6.45, 7) is 6.26. The molecule has 1 unspecified atom stereocenters. The second-order valence-electron chi connectivity index (χ2n) is 4.79. The van der Waals surface area contributed by atoms with Gasteiger partial charge in [0, 0.05) is 6.20 Å². The van der Waals surface area contributed by atoms with Crippen molar-refractivity contribution in [3.63, 3.8) is 0 Å². The highest BCUT2D eigenvalue weighted by atomic mass is 35.5. The number of halogens is 1. The third-order valence-corrected chi connectivity index (χ3v) is 2.81. The summed E-state index contributed by atoms with van der Waals surface area (Å²) in [5.41, 5.74) is 1.05. The van der Waals surface area contributed by atoms with Crippen LogP contribution in [0.25, 0.3) is 11.0 Å². The molecule has 0 aromatic carbocycles. The number of H-pyrrole nitrogens is 1. The van der Waals surface area contributed by atoms with Gasteiger partial charge in [0.15, 0.2) is 5.78 Å². The van der Waals surface area contributed by atoms with Gasteiger partial charge in [-0.15, -0.1) is 11.6 Å². The van der Waals surface area contributed by atoms with E-state index < -0.39 is 5.38 Å². The summed E-state index contributed by atoms with van der Waals surface area (Å²) in [5.74, 6) is 0.618. The molecule has 0 aliphatic carbocycles. The van der Waals surface area contributed by atoms with E-state index in [4.69, 9.17) is 16.3 Å². The van der Waals surface area contributed by atoms with Crippen LogP contribution in [0.15, 0.2) is 12.5 Å². The van der Waals surface area contributed by atoms with Crippen molar-refractivity contribution in [2.75, 3.05) is 6.61 Å². The molecule has 0 aliphatic rings. The van der Waals surface area contributed by atoms with Crippen LogP contribution in [0.2, 0.25) is 0 Å². The van der Waals surface area contributed by atoms with E-state index in [-0.39, 0.29) is 5.78 Å². The van der Waals surface area contributed by atoms with Crippen molar-refractivity contribution in [2.45, 2.75) is 26.1 Å². The summed E-state index contributed by atoms with van der Waals surface area (Å²) in [7, 11) is 0. The molecule has 2 heterocycles. The Morgan fingerprint density at radius 2 is 2.16 bits per heavy atom. The Bertz CT molecular complexity index is 593. The number of carbonyl (C=O) groups is 1. The quantitative estimate of drug-likeness (QED) is 0.676. The second-order valence-corrected chi connectivity index (χ2v) is 5.44. The summed E-state index contributed by atoms with van der Waals surface area (Å²) in [5, 5.41) is -0.00203. The van der Waals surface area contributed by atoms with Gasteiger partial charge in [-0.3, -0.25) is 4.79 Å². The molecule has 19 heavy (non-hydrogen) atoms. The highest BCUT2D eigenvalue weighted by Gasteiger charge is 2.21. The van der Waals surface area contributed by atoms with Gasteiger partial charge in [-0.05, 0) is 12.8 Å². The van der Waals surface area contributed by atoms with E-state index in [1.165, 1.54) is 6.33 Å². The lowest BCUT2D eigenvalue weighted by Crippen LogP contribution is -2.11. The normalized spacial score (nSPS) is 12.9. The Hall–Kier alpha value is -1.62. The van der Waals surface area contributed by atoms with Gasteiger partial charge >= 0.3 is 0 Å². The van der Waals surface area contributed by atoms with Crippen LogP contribution in [0.3, 0.4) is 0 Å². The fourth-order valence-electron chi connectivity index (χ4n) is 1.70. The molecule has 2 aromatic rings. The average Bonchev–Trinajstić information content (AvgIpc) is 2.79. The third-order valence-electron chi connectivity index (χ3n) is 2.62. The molecular weight excluding hydrogens is 266 g/mol. The number of hydrogen-bond donors (Lipinski definition) is 1. The van der Waals surface area contributed by atoms with E-state index in [1.807, 2.05) is 13.8 Å². The minimum atomic E-state index is -0.600. The van der Waals surface area contributed by atoms with E-state index in [0.29, 0.717) is 35.0 Å². The summed E-state index contributed by atoms with van der Waals surface area (Å²) >= 11 is 5.85. The first-order valence-electron chi connectivity index (χ1n) is 6.14. The molecule has 6 heteroatoms. The molecule has 0 spiro atoms. The van der Waals surface area contributed by atoms with Crippen LogP contribution in [0, 0.1) is 5.92 Å². The van der Waals surface area contributed by atoms with Crippen LogP contribution in [0.1, 0.15) is 31.1 Å². The Morgan fingerprint density at radius 1 is 1.42 bits per heavy atom. The fraction of sp³-hybridized carbons (Fsp3) is 0.462. The highest BCUT2D eigenvalue weighted by molar-refractivity contribution is 6.35. The van der Waals surface area contributed by atoms with Gasteiger partial charge in [0.2, 0.25) is 5.88 Å². The molecule has 0 saturated carbocycles. The van der Waals surface area contributed by atoms with Crippen molar-refractivity contribution in [3.05, 3.63) is 18.1 Å². The number of aromatic nitrogens is 3. The molecule has 0 saturated heterocycles. The van der Waals surface area contributed by atoms with E-state index >= 15 is 0 Å². The minimum absolute atomic E-state index is 0.169. The Kier molecular flexibility index (Phi) is 4.04. The summed E-state index contributed by atoms with van der Waals surface area (Å²) < 4.78 is 5.64. The first-order valence-corrected chi connectivity index (χ1v) is 6.57. The van der Waals surface area contributed by atoms with Gasteiger partial charge in [0.25, 0.3) is 0 Å². The molecule has 1 atom stereocenters. The zero-order valence-corrected chi connectivity index (χ0v) is 11.9.